The summed E-state index contributed by atoms with van der Waals surface area (Å²) >= 11 is 0. The standard InChI is InChI=1S/C35H52FNO3/c1-4-35-20-19-34(39,23-40-5-2)22-25(35)11-14-27-28-15-16-30(33(28,3)18-17-29(27)35)32(38)37-21-7-6-8-31(37)24-9-12-26(36)13-10-24/h9-10,12-13,25,27-31,39H,4-8,11,14-23H2,1-3H3/t25-,27+,28+,29+,30-,31-,33+,34-,35+/m1/s1. The van der Waals surface area contributed by atoms with Crippen LogP contribution in [-0.4, -0.2) is 41.3 Å². The van der Waals surface area contributed by atoms with E-state index in [2.05, 4.69) is 18.7 Å². The average Bonchev–Trinajstić information content (AvgIpc) is 3.33. The van der Waals surface area contributed by atoms with Gasteiger partial charge < -0.3 is 14.7 Å². The molecule has 5 heteroatoms. The van der Waals surface area contributed by atoms with Crippen molar-refractivity contribution in [1.29, 1.82) is 0 Å². The van der Waals surface area contributed by atoms with Crippen LogP contribution in [0.2, 0.25) is 0 Å². The van der Waals surface area contributed by atoms with E-state index in [-0.39, 0.29) is 23.2 Å². The van der Waals surface area contributed by atoms with Gasteiger partial charge in [0.25, 0.3) is 0 Å². The molecule has 1 saturated heterocycles. The van der Waals surface area contributed by atoms with Crippen LogP contribution in [0.5, 0.6) is 0 Å². The lowest BCUT2D eigenvalue weighted by atomic mass is 9.42. The predicted octanol–water partition coefficient (Wildman–Crippen LogP) is 7.70. The first-order valence-electron chi connectivity index (χ1n) is 16.6. The monoisotopic (exact) mass is 553 g/mol. The molecular formula is C35H52FNO3. The van der Waals surface area contributed by atoms with E-state index in [1.54, 1.807) is 12.1 Å². The highest BCUT2D eigenvalue weighted by molar-refractivity contribution is 5.81. The van der Waals surface area contributed by atoms with Crippen LogP contribution in [0.3, 0.4) is 0 Å². The van der Waals surface area contributed by atoms with Gasteiger partial charge in [-0.1, -0.05) is 26.0 Å². The molecule has 1 N–H and O–H groups in total. The van der Waals surface area contributed by atoms with E-state index in [9.17, 15) is 14.3 Å². The first-order chi connectivity index (χ1) is 19.2. The summed E-state index contributed by atoms with van der Waals surface area (Å²) in [4.78, 5) is 16.6. The van der Waals surface area contributed by atoms with Gasteiger partial charge in [-0.05, 0) is 143 Å². The fourth-order valence-electron chi connectivity index (χ4n) is 11.1. The highest BCUT2D eigenvalue weighted by Crippen LogP contribution is 2.69. The molecule has 5 fully saturated rings. The Balaban J connectivity index is 1.20. The summed E-state index contributed by atoms with van der Waals surface area (Å²) < 4.78 is 19.4. The lowest BCUT2D eigenvalue weighted by Gasteiger charge is -2.63. The number of fused-ring (bicyclic) bond motifs is 5. The highest BCUT2D eigenvalue weighted by Gasteiger charge is 2.63. The molecule has 40 heavy (non-hydrogen) atoms. The molecule has 1 aliphatic heterocycles. The third-order valence-corrected chi connectivity index (χ3v) is 13.1. The first-order valence-corrected chi connectivity index (χ1v) is 16.6. The van der Waals surface area contributed by atoms with Crippen LogP contribution in [0, 0.1) is 46.2 Å². The highest BCUT2D eigenvalue weighted by atomic mass is 19.1. The number of piperidine rings is 1. The van der Waals surface area contributed by atoms with Crippen molar-refractivity contribution >= 4 is 5.91 Å². The maximum Gasteiger partial charge on any atom is 0.226 e. The van der Waals surface area contributed by atoms with Gasteiger partial charge in [0.2, 0.25) is 5.91 Å². The van der Waals surface area contributed by atoms with Crippen molar-refractivity contribution in [2.45, 2.75) is 116 Å². The second-order valence-corrected chi connectivity index (χ2v) is 14.6. The molecule has 5 aliphatic rings. The predicted molar refractivity (Wildman–Crippen MR) is 156 cm³/mol. The molecule has 6 rings (SSSR count). The largest absolute Gasteiger partial charge is 0.387 e. The fraction of sp³-hybridized carbons (Fsp3) is 0.800. The molecule has 4 aliphatic carbocycles. The van der Waals surface area contributed by atoms with Gasteiger partial charge in [0.05, 0.1) is 18.2 Å². The van der Waals surface area contributed by atoms with Crippen molar-refractivity contribution in [3.63, 3.8) is 0 Å². The number of rotatable bonds is 6. The minimum absolute atomic E-state index is 0.0786. The van der Waals surface area contributed by atoms with Gasteiger partial charge in [-0.25, -0.2) is 4.39 Å². The molecule has 1 aromatic carbocycles. The van der Waals surface area contributed by atoms with E-state index in [0.717, 1.165) is 69.4 Å². The van der Waals surface area contributed by atoms with E-state index < -0.39 is 5.60 Å². The van der Waals surface area contributed by atoms with E-state index in [1.165, 1.54) is 32.1 Å². The summed E-state index contributed by atoms with van der Waals surface area (Å²) in [5.74, 6) is 2.92. The molecule has 9 atom stereocenters. The summed E-state index contributed by atoms with van der Waals surface area (Å²) in [6, 6.07) is 6.95. The summed E-state index contributed by atoms with van der Waals surface area (Å²) in [7, 11) is 0. The van der Waals surface area contributed by atoms with Gasteiger partial charge in [-0.2, -0.15) is 0 Å². The minimum Gasteiger partial charge on any atom is -0.387 e. The Hall–Kier alpha value is -1.46. The van der Waals surface area contributed by atoms with Gasteiger partial charge >= 0.3 is 0 Å². The van der Waals surface area contributed by atoms with Crippen LogP contribution in [0.25, 0.3) is 0 Å². The fourth-order valence-corrected chi connectivity index (χ4v) is 11.1. The number of amides is 1. The van der Waals surface area contributed by atoms with Gasteiger partial charge in [0, 0.05) is 19.1 Å². The molecule has 4 nitrogen and oxygen atoms in total. The second-order valence-electron chi connectivity index (χ2n) is 14.6. The van der Waals surface area contributed by atoms with E-state index in [0.29, 0.717) is 42.3 Å². The molecule has 222 valence electrons. The summed E-state index contributed by atoms with van der Waals surface area (Å²) in [6.07, 6.45) is 14.3. The number of ether oxygens (including phenoxy) is 1. The third kappa shape index (κ3) is 4.66. The summed E-state index contributed by atoms with van der Waals surface area (Å²) in [5, 5.41) is 11.4. The number of carbonyl (C=O) groups excluding carboxylic acids is 1. The molecule has 0 radical (unpaired) electrons. The van der Waals surface area contributed by atoms with Gasteiger partial charge in [0.15, 0.2) is 0 Å². The number of aliphatic hydroxyl groups is 1. The van der Waals surface area contributed by atoms with Gasteiger partial charge in [0.1, 0.15) is 5.82 Å². The van der Waals surface area contributed by atoms with Gasteiger partial charge in [-0.3, -0.25) is 4.79 Å². The minimum atomic E-state index is -0.657. The number of benzene rings is 1. The van der Waals surface area contributed by atoms with Crippen LogP contribution in [0.1, 0.15) is 116 Å². The SMILES string of the molecule is CCOC[C@@]1(O)CC[C@@]2(CC)[C@H](CC[C@H]3[C@@H]4CC[C@H](C(=O)N5CCCC[C@@H]5c5ccc(F)cc5)[C@@]4(C)CC[C@@H]32)C1. The Morgan fingerprint density at radius 2 is 1.80 bits per heavy atom. The molecule has 0 bridgehead atoms. The van der Waals surface area contributed by atoms with Crippen LogP contribution >= 0.6 is 0 Å². The zero-order valence-corrected chi connectivity index (χ0v) is 25.2. The maximum absolute atomic E-state index is 14.4. The van der Waals surface area contributed by atoms with Crippen molar-refractivity contribution < 1.29 is 19.0 Å². The van der Waals surface area contributed by atoms with Crippen molar-refractivity contribution in [3.05, 3.63) is 35.6 Å². The van der Waals surface area contributed by atoms with E-state index >= 15 is 0 Å². The Labute approximate surface area is 241 Å². The van der Waals surface area contributed by atoms with Crippen LogP contribution < -0.4 is 0 Å². The summed E-state index contributed by atoms with van der Waals surface area (Å²) in [5.41, 5.74) is 0.846. The number of halogens is 1. The van der Waals surface area contributed by atoms with Crippen molar-refractivity contribution in [2.75, 3.05) is 19.8 Å². The van der Waals surface area contributed by atoms with Crippen molar-refractivity contribution in [1.82, 2.24) is 4.90 Å². The normalized spacial score (nSPS) is 43.1. The number of carbonyl (C=O) groups is 1. The first kappa shape index (κ1) is 28.6. The lowest BCUT2D eigenvalue weighted by molar-refractivity contribution is -0.175. The molecule has 0 spiro atoms. The van der Waals surface area contributed by atoms with Crippen molar-refractivity contribution in [2.24, 2.45) is 40.4 Å². The van der Waals surface area contributed by atoms with Crippen molar-refractivity contribution in [3.8, 4) is 0 Å². The molecule has 1 amide bonds. The van der Waals surface area contributed by atoms with Gasteiger partial charge in [-0.15, -0.1) is 0 Å². The average molecular weight is 554 g/mol. The second kappa shape index (κ2) is 11.0. The maximum atomic E-state index is 14.4. The van der Waals surface area contributed by atoms with Crippen LogP contribution in [-0.2, 0) is 9.53 Å². The Morgan fingerprint density at radius 3 is 2.55 bits per heavy atom. The van der Waals surface area contributed by atoms with E-state index in [4.69, 9.17) is 4.74 Å². The molecule has 1 heterocycles. The number of hydrogen-bond donors (Lipinski definition) is 1. The van der Waals surface area contributed by atoms with E-state index in [1.807, 2.05) is 19.1 Å². The smallest absolute Gasteiger partial charge is 0.226 e. The molecule has 0 aromatic heterocycles. The Kier molecular flexibility index (Phi) is 7.87. The quantitative estimate of drug-likeness (QED) is 0.393. The number of likely N-dealkylation sites (tertiary alicyclic amines) is 1. The summed E-state index contributed by atoms with van der Waals surface area (Å²) in [6.45, 7) is 8.86. The third-order valence-electron chi connectivity index (χ3n) is 13.1. The van der Waals surface area contributed by atoms with Crippen LogP contribution in [0.4, 0.5) is 4.39 Å². The topological polar surface area (TPSA) is 49.8 Å². The molecule has 1 aromatic rings. The zero-order valence-electron chi connectivity index (χ0n) is 25.2. The Morgan fingerprint density at radius 1 is 1.00 bits per heavy atom. The van der Waals surface area contributed by atoms with Crippen LogP contribution in [0.15, 0.2) is 24.3 Å². The zero-order chi connectivity index (χ0) is 28.1. The number of nitrogens with zero attached hydrogens (tertiary/aromatic N) is 1. The number of hydrogen-bond acceptors (Lipinski definition) is 3. The Bertz CT molecular complexity index is 1060. The lowest BCUT2D eigenvalue weighted by Crippen LogP contribution is -2.58. The molecule has 0 unspecified atom stereocenters. The molecule has 4 saturated carbocycles. The molecular weight excluding hydrogens is 501 g/mol.